The molecular formula is C43H40ClF3N10O6. The Morgan fingerprint density at radius 2 is 1.44 bits per heavy atom. The number of nitrogens with zero attached hydrogens (tertiary/aromatic N) is 6. The van der Waals surface area contributed by atoms with Gasteiger partial charge in [-0.25, -0.2) is 9.79 Å². The molecule has 1 aromatic heterocycles. The van der Waals surface area contributed by atoms with E-state index in [1.807, 2.05) is 42.5 Å². The van der Waals surface area contributed by atoms with Gasteiger partial charge >= 0.3 is 30.0 Å². The van der Waals surface area contributed by atoms with E-state index in [1.54, 1.807) is 24.3 Å². The third kappa shape index (κ3) is 12.3. The number of nitrogens with one attached hydrogen (secondary N) is 4. The van der Waals surface area contributed by atoms with Crippen LogP contribution in [-0.2, 0) is 26.5 Å². The fraction of sp³-hybridized carbons (Fsp3) is 0.256. The van der Waals surface area contributed by atoms with E-state index in [1.165, 1.54) is 29.8 Å². The van der Waals surface area contributed by atoms with Gasteiger partial charge in [0.25, 0.3) is 5.91 Å². The van der Waals surface area contributed by atoms with Gasteiger partial charge in [0.2, 0.25) is 11.9 Å². The third-order valence-electron chi connectivity index (χ3n) is 10.1. The van der Waals surface area contributed by atoms with Crippen molar-refractivity contribution in [2.24, 2.45) is 4.99 Å². The molecule has 0 spiro atoms. The molecule has 1 saturated heterocycles. The van der Waals surface area contributed by atoms with Crippen molar-refractivity contribution in [3.05, 3.63) is 125 Å². The Bertz CT molecular complexity index is 2470. The molecule has 0 unspecified atom stereocenters. The third-order valence-corrected chi connectivity index (χ3v) is 10.3. The van der Waals surface area contributed by atoms with Crippen LogP contribution < -0.4 is 30.9 Å². The average molecular weight is 885 g/mol. The topological polar surface area (TPSA) is 203 Å². The van der Waals surface area contributed by atoms with E-state index >= 15 is 0 Å². The van der Waals surface area contributed by atoms with Gasteiger partial charge < -0.3 is 36.0 Å². The van der Waals surface area contributed by atoms with Crippen LogP contribution in [0.5, 0.6) is 6.01 Å². The highest BCUT2D eigenvalue weighted by Crippen LogP contribution is 2.48. The Morgan fingerprint density at radius 3 is 2.08 bits per heavy atom. The molecule has 0 atom stereocenters. The van der Waals surface area contributed by atoms with E-state index in [-0.39, 0.29) is 23.1 Å². The van der Waals surface area contributed by atoms with Crippen molar-refractivity contribution in [2.45, 2.75) is 31.1 Å². The number of carbonyl (C=O) groups is 4. The van der Waals surface area contributed by atoms with Crippen molar-refractivity contribution >= 4 is 70.0 Å². The summed E-state index contributed by atoms with van der Waals surface area (Å²) in [5.41, 5.74) is 2.37. The highest BCUT2D eigenvalue weighted by atomic mass is 35.5. The lowest BCUT2D eigenvalue weighted by molar-refractivity contribution is -0.154. The zero-order chi connectivity index (χ0) is 44.6. The molecule has 7 rings (SSSR count). The van der Waals surface area contributed by atoms with Crippen LogP contribution in [0.4, 0.5) is 42.1 Å². The summed E-state index contributed by atoms with van der Waals surface area (Å²) in [5.74, 6) is -5.01. The monoisotopic (exact) mass is 884 g/mol. The van der Waals surface area contributed by atoms with E-state index in [2.05, 4.69) is 63.1 Å². The van der Waals surface area contributed by atoms with Gasteiger partial charge in [-0.2, -0.15) is 28.1 Å². The molecule has 2 aliphatic rings. The number of piperazine rings is 1. The predicted molar refractivity (Wildman–Crippen MR) is 229 cm³/mol. The average Bonchev–Trinajstić information content (AvgIpc) is 4.05. The van der Waals surface area contributed by atoms with Gasteiger partial charge in [-0.3, -0.25) is 19.3 Å². The van der Waals surface area contributed by atoms with Gasteiger partial charge in [-0.05, 0) is 84.6 Å². The molecule has 4 aromatic carbocycles. The van der Waals surface area contributed by atoms with E-state index in [0.29, 0.717) is 23.6 Å². The van der Waals surface area contributed by atoms with Crippen LogP contribution >= 0.6 is 11.6 Å². The number of halogens is 4. The first-order valence-corrected chi connectivity index (χ1v) is 20.0. The number of hydrogen-bond donors (Lipinski definition) is 5. The molecule has 1 saturated carbocycles. The molecule has 20 heteroatoms. The van der Waals surface area contributed by atoms with Crippen LogP contribution in [0.3, 0.4) is 0 Å². The minimum absolute atomic E-state index is 0.0493. The van der Waals surface area contributed by atoms with Crippen molar-refractivity contribution < 1.29 is 42.2 Å². The molecule has 5 aromatic rings. The molecule has 0 bridgehead atoms. The summed E-state index contributed by atoms with van der Waals surface area (Å²) in [6.07, 6.45) is -3.28. The van der Waals surface area contributed by atoms with E-state index < -0.39 is 60.3 Å². The number of rotatable bonds is 15. The van der Waals surface area contributed by atoms with Gasteiger partial charge in [-0.15, -0.1) is 0 Å². The zero-order valence-electron chi connectivity index (χ0n) is 33.4. The number of aliphatic carboxylic acids is 1. The molecule has 16 nitrogen and oxygen atoms in total. The van der Waals surface area contributed by atoms with Crippen molar-refractivity contribution in [2.75, 3.05) is 60.2 Å². The smallest absolute Gasteiger partial charge is 0.422 e. The summed E-state index contributed by atoms with van der Waals surface area (Å²) in [6.45, 7) is 1.92. The number of carboxylic acids is 1. The highest BCUT2D eigenvalue weighted by molar-refractivity contribution is 6.42. The second-order valence-corrected chi connectivity index (χ2v) is 15.1. The number of benzene rings is 4. The van der Waals surface area contributed by atoms with Crippen LogP contribution in [0, 0.1) is 0 Å². The van der Waals surface area contributed by atoms with E-state index in [9.17, 15) is 37.5 Å². The molecule has 1 aliphatic heterocycles. The summed E-state index contributed by atoms with van der Waals surface area (Å²) in [7, 11) is 0. The fourth-order valence-corrected chi connectivity index (χ4v) is 6.77. The molecule has 326 valence electrons. The molecular weight excluding hydrogens is 845 g/mol. The number of anilines is 5. The Balaban J connectivity index is 0.919. The van der Waals surface area contributed by atoms with E-state index in [0.717, 1.165) is 44.0 Å². The maximum absolute atomic E-state index is 13.0. The maximum atomic E-state index is 13.0. The standard InChI is InChI=1S/C43H40ClF3N10O6/c44-30-10-8-29(9-11-30)42(18-19-42)55-40-52-39(53-41(54-40)63-26-43(45,46)47)50-32-12-6-28(7-13-32)35(58)51-34(38(61)62)24-48-36(59)37(60)49-31-14-16-33(17-15-31)57-22-20-56(21-23-57)25-27-4-2-1-3-5-27/h1-17H,18-26H2,(H,48,59)(H,49,60)(H,61,62)(H2,50,52,53,54,55). The lowest BCUT2D eigenvalue weighted by atomic mass is 10.1. The minimum Gasteiger partial charge on any atom is -0.477 e. The number of alkyl halides is 3. The number of amides is 3. The second kappa shape index (κ2) is 19.3. The normalized spacial score (nSPS) is 14.9. The van der Waals surface area contributed by atoms with Crippen LogP contribution in [0.15, 0.2) is 108 Å². The van der Waals surface area contributed by atoms with Crippen LogP contribution in [0.1, 0.15) is 34.3 Å². The largest absolute Gasteiger partial charge is 0.477 e. The SMILES string of the molecule is O=C(O)C(CNC(=O)C(=O)Nc1ccc(N2CCN(Cc3ccccc3)CC2)cc1)=NC(=O)c1ccc(Nc2nc(NC3(c4ccc(Cl)cc4)CC3)nc(OCC(F)(F)F)n2)cc1. The summed E-state index contributed by atoms with van der Waals surface area (Å²) >= 11 is 6.03. The van der Waals surface area contributed by atoms with Gasteiger partial charge in [-0.1, -0.05) is 54.1 Å². The highest BCUT2D eigenvalue weighted by Gasteiger charge is 2.45. The number of hydrogen-bond acceptors (Lipinski definition) is 12. The minimum atomic E-state index is -4.66. The van der Waals surface area contributed by atoms with Crippen molar-refractivity contribution in [1.29, 1.82) is 0 Å². The molecule has 3 amide bonds. The van der Waals surface area contributed by atoms with Crippen LogP contribution in [0.2, 0.25) is 5.02 Å². The first kappa shape index (κ1) is 44.0. The summed E-state index contributed by atoms with van der Waals surface area (Å²) in [6, 6.07) is 29.2. The molecule has 0 radical (unpaired) electrons. The van der Waals surface area contributed by atoms with E-state index in [4.69, 9.17) is 16.3 Å². The van der Waals surface area contributed by atoms with Gasteiger partial charge in [0.1, 0.15) is 5.71 Å². The second-order valence-electron chi connectivity index (χ2n) is 14.7. The fourth-order valence-electron chi connectivity index (χ4n) is 6.64. The molecule has 2 fully saturated rings. The van der Waals surface area contributed by atoms with Crippen molar-refractivity contribution in [3.63, 3.8) is 0 Å². The summed E-state index contributed by atoms with van der Waals surface area (Å²) in [4.78, 5) is 70.7. The Morgan fingerprint density at radius 1 is 0.794 bits per heavy atom. The number of carboxylic acid groups (broad SMARTS) is 1. The Labute approximate surface area is 363 Å². The quantitative estimate of drug-likeness (QED) is 0.0601. The number of aromatic nitrogens is 3. The Kier molecular flexibility index (Phi) is 13.5. The van der Waals surface area contributed by atoms with Gasteiger partial charge in [0.05, 0.1) is 12.1 Å². The lowest BCUT2D eigenvalue weighted by Gasteiger charge is -2.36. The predicted octanol–water partition coefficient (Wildman–Crippen LogP) is 6.05. The van der Waals surface area contributed by atoms with Gasteiger partial charge in [0.15, 0.2) is 6.61 Å². The van der Waals surface area contributed by atoms with Crippen LogP contribution in [0.25, 0.3) is 0 Å². The summed E-state index contributed by atoms with van der Waals surface area (Å²) < 4.78 is 43.8. The molecule has 63 heavy (non-hydrogen) atoms. The first-order valence-electron chi connectivity index (χ1n) is 19.6. The van der Waals surface area contributed by atoms with Crippen LogP contribution in [-0.4, -0.2) is 99.9 Å². The number of carbonyl (C=O) groups excluding carboxylic acids is 3. The maximum Gasteiger partial charge on any atom is 0.422 e. The zero-order valence-corrected chi connectivity index (χ0v) is 34.1. The number of ether oxygens (including phenoxy) is 1. The lowest BCUT2D eigenvalue weighted by Crippen LogP contribution is -2.45. The van der Waals surface area contributed by atoms with Crippen molar-refractivity contribution in [3.8, 4) is 6.01 Å². The molecule has 1 aliphatic carbocycles. The van der Waals surface area contributed by atoms with Crippen molar-refractivity contribution in [1.82, 2.24) is 25.2 Å². The number of aliphatic imine (C=N–C) groups is 1. The summed E-state index contributed by atoms with van der Waals surface area (Å²) in [5, 5.41) is 20.9. The first-order chi connectivity index (χ1) is 30.2. The molecule has 5 N–H and O–H groups in total. The molecule has 2 heterocycles. The Hall–Kier alpha value is -7.12. The van der Waals surface area contributed by atoms with Gasteiger partial charge in [0, 0.05) is 60.4 Å².